The molecule has 1 fully saturated rings. The van der Waals surface area contributed by atoms with E-state index in [0.29, 0.717) is 38.4 Å². The summed E-state index contributed by atoms with van der Waals surface area (Å²) in [5.41, 5.74) is 0.807. The van der Waals surface area contributed by atoms with E-state index in [1.807, 2.05) is 13.0 Å². The Morgan fingerprint density at radius 2 is 2.35 bits per heavy atom. The second-order valence-corrected chi connectivity index (χ2v) is 5.60. The Morgan fingerprint density at radius 1 is 1.52 bits per heavy atom. The Hall–Kier alpha value is -2.31. The van der Waals surface area contributed by atoms with Crippen LogP contribution in [0.1, 0.15) is 31.7 Å². The van der Waals surface area contributed by atoms with Crippen molar-refractivity contribution < 1.29 is 19.4 Å². The predicted molar refractivity (Wildman–Crippen MR) is 84.2 cm³/mol. The number of aromatic nitrogens is 1. The van der Waals surface area contributed by atoms with Gasteiger partial charge in [-0.3, -0.25) is 4.79 Å². The van der Waals surface area contributed by atoms with Gasteiger partial charge in [0.25, 0.3) is 0 Å². The molecule has 2 rings (SSSR count). The highest BCUT2D eigenvalue weighted by atomic mass is 16.5. The lowest BCUT2D eigenvalue weighted by atomic mass is 9.99. The van der Waals surface area contributed by atoms with Crippen molar-refractivity contribution in [1.82, 2.24) is 15.2 Å². The Labute approximate surface area is 135 Å². The van der Waals surface area contributed by atoms with E-state index in [4.69, 9.17) is 9.84 Å². The second kappa shape index (κ2) is 8.36. The molecule has 1 unspecified atom stereocenters. The summed E-state index contributed by atoms with van der Waals surface area (Å²) in [6, 6.07) is 3.40. The molecule has 1 aromatic heterocycles. The summed E-state index contributed by atoms with van der Waals surface area (Å²) >= 11 is 0. The molecule has 0 aliphatic carbocycles. The number of carboxylic acids is 1. The molecule has 2 N–H and O–H groups in total. The monoisotopic (exact) mass is 321 g/mol. The maximum atomic E-state index is 12.2. The van der Waals surface area contributed by atoms with Gasteiger partial charge in [-0.25, -0.2) is 9.78 Å². The summed E-state index contributed by atoms with van der Waals surface area (Å²) in [5, 5.41) is 11.9. The number of rotatable bonds is 6. The standard InChI is InChI=1S/C16H23N3O4/c1-2-9-23-14-12(5-3-7-17-14)10-18-16(22)19-8-4-6-13(11-19)15(20)21/h3,5,7,13H,2,4,6,8-11H2,1H3,(H,18,22)(H,20,21). The molecule has 2 heterocycles. The Bertz CT molecular complexity index is 550. The number of aliphatic carboxylic acids is 1. The third kappa shape index (κ3) is 4.84. The van der Waals surface area contributed by atoms with Gasteiger partial charge in [-0.1, -0.05) is 13.0 Å². The molecule has 0 aromatic carbocycles. The molecule has 1 aliphatic heterocycles. The Kier molecular flexibility index (Phi) is 6.19. The molecule has 126 valence electrons. The summed E-state index contributed by atoms with van der Waals surface area (Å²) < 4.78 is 5.56. The molecular weight excluding hydrogens is 298 g/mol. The number of carbonyl (C=O) groups excluding carboxylic acids is 1. The van der Waals surface area contributed by atoms with Gasteiger partial charge in [-0.2, -0.15) is 0 Å². The fourth-order valence-electron chi connectivity index (χ4n) is 2.53. The van der Waals surface area contributed by atoms with E-state index in [1.54, 1.807) is 17.2 Å². The van der Waals surface area contributed by atoms with E-state index in [1.165, 1.54) is 0 Å². The molecule has 0 bridgehead atoms. The van der Waals surface area contributed by atoms with Crippen LogP contribution >= 0.6 is 0 Å². The molecule has 23 heavy (non-hydrogen) atoms. The summed E-state index contributed by atoms with van der Waals surface area (Å²) in [7, 11) is 0. The van der Waals surface area contributed by atoms with E-state index in [-0.39, 0.29) is 12.6 Å². The van der Waals surface area contributed by atoms with Gasteiger partial charge in [0.15, 0.2) is 0 Å². The summed E-state index contributed by atoms with van der Waals surface area (Å²) in [6.07, 6.45) is 3.87. The number of piperidine rings is 1. The zero-order valence-corrected chi connectivity index (χ0v) is 13.3. The Balaban J connectivity index is 1.90. The molecule has 0 saturated carbocycles. The van der Waals surface area contributed by atoms with Crippen LogP contribution in [0.15, 0.2) is 18.3 Å². The normalized spacial score (nSPS) is 17.6. The number of urea groups is 1. The van der Waals surface area contributed by atoms with Crippen LogP contribution in [-0.4, -0.2) is 46.7 Å². The molecular formula is C16H23N3O4. The minimum Gasteiger partial charge on any atom is -0.481 e. The fourth-order valence-corrected chi connectivity index (χ4v) is 2.53. The SMILES string of the molecule is CCCOc1ncccc1CNC(=O)N1CCCC(C(=O)O)C1. The van der Waals surface area contributed by atoms with Gasteiger partial charge in [0, 0.05) is 31.4 Å². The number of likely N-dealkylation sites (tertiary alicyclic amines) is 1. The first kappa shape index (κ1) is 17.1. The highest BCUT2D eigenvalue weighted by molar-refractivity contribution is 5.76. The number of hydrogen-bond donors (Lipinski definition) is 2. The van der Waals surface area contributed by atoms with Gasteiger partial charge in [-0.05, 0) is 25.3 Å². The molecule has 1 aliphatic rings. The topological polar surface area (TPSA) is 91.8 Å². The highest BCUT2D eigenvalue weighted by Gasteiger charge is 2.28. The van der Waals surface area contributed by atoms with Gasteiger partial charge >= 0.3 is 12.0 Å². The van der Waals surface area contributed by atoms with Crippen molar-refractivity contribution in [2.75, 3.05) is 19.7 Å². The zero-order valence-electron chi connectivity index (χ0n) is 13.3. The number of nitrogens with zero attached hydrogens (tertiary/aromatic N) is 2. The first-order chi connectivity index (χ1) is 11.1. The fraction of sp³-hybridized carbons (Fsp3) is 0.562. The van der Waals surface area contributed by atoms with Crippen LogP contribution in [0, 0.1) is 5.92 Å². The Morgan fingerprint density at radius 3 is 3.09 bits per heavy atom. The van der Waals surface area contributed by atoms with Crippen molar-refractivity contribution in [2.24, 2.45) is 5.92 Å². The van der Waals surface area contributed by atoms with Crippen LogP contribution < -0.4 is 10.1 Å². The largest absolute Gasteiger partial charge is 0.481 e. The summed E-state index contributed by atoms with van der Waals surface area (Å²) in [5.74, 6) is -0.793. The first-order valence-electron chi connectivity index (χ1n) is 7.94. The van der Waals surface area contributed by atoms with Crippen molar-refractivity contribution >= 4 is 12.0 Å². The van der Waals surface area contributed by atoms with Crippen LogP contribution in [0.5, 0.6) is 5.88 Å². The molecule has 1 aromatic rings. The second-order valence-electron chi connectivity index (χ2n) is 5.60. The van der Waals surface area contributed by atoms with Gasteiger partial charge < -0.3 is 20.1 Å². The zero-order chi connectivity index (χ0) is 16.7. The first-order valence-corrected chi connectivity index (χ1v) is 7.94. The van der Waals surface area contributed by atoms with Crippen molar-refractivity contribution in [1.29, 1.82) is 0 Å². The van der Waals surface area contributed by atoms with Crippen LogP contribution in [0.2, 0.25) is 0 Å². The van der Waals surface area contributed by atoms with Crippen molar-refractivity contribution in [3.05, 3.63) is 23.9 Å². The third-order valence-electron chi connectivity index (χ3n) is 3.78. The molecule has 0 spiro atoms. The molecule has 7 heteroatoms. The molecule has 7 nitrogen and oxygen atoms in total. The van der Waals surface area contributed by atoms with E-state index in [0.717, 1.165) is 12.0 Å². The minimum absolute atomic E-state index is 0.249. The molecule has 2 amide bonds. The van der Waals surface area contributed by atoms with Crippen LogP contribution in [0.3, 0.4) is 0 Å². The lowest BCUT2D eigenvalue weighted by molar-refractivity contribution is -0.143. The number of amides is 2. The number of ether oxygens (including phenoxy) is 1. The minimum atomic E-state index is -0.843. The lowest BCUT2D eigenvalue weighted by Gasteiger charge is -2.30. The average molecular weight is 321 g/mol. The number of pyridine rings is 1. The van der Waals surface area contributed by atoms with Gasteiger partial charge in [0.1, 0.15) is 0 Å². The van der Waals surface area contributed by atoms with E-state index >= 15 is 0 Å². The van der Waals surface area contributed by atoms with E-state index in [9.17, 15) is 9.59 Å². The van der Waals surface area contributed by atoms with E-state index < -0.39 is 11.9 Å². The average Bonchev–Trinajstić information content (AvgIpc) is 2.58. The summed E-state index contributed by atoms with van der Waals surface area (Å²) in [6.45, 7) is 3.74. The van der Waals surface area contributed by atoms with Crippen molar-refractivity contribution in [3.8, 4) is 5.88 Å². The maximum absolute atomic E-state index is 12.2. The summed E-state index contributed by atoms with van der Waals surface area (Å²) in [4.78, 5) is 29.0. The number of carboxylic acid groups (broad SMARTS) is 1. The van der Waals surface area contributed by atoms with Crippen LogP contribution in [0.25, 0.3) is 0 Å². The third-order valence-corrected chi connectivity index (χ3v) is 3.78. The lowest BCUT2D eigenvalue weighted by Crippen LogP contribution is -2.46. The van der Waals surface area contributed by atoms with Crippen molar-refractivity contribution in [3.63, 3.8) is 0 Å². The predicted octanol–water partition coefficient (Wildman–Crippen LogP) is 1.88. The number of nitrogens with one attached hydrogen (secondary N) is 1. The number of carbonyl (C=O) groups is 2. The van der Waals surface area contributed by atoms with Crippen LogP contribution in [-0.2, 0) is 11.3 Å². The molecule has 1 saturated heterocycles. The van der Waals surface area contributed by atoms with Gasteiger partial charge in [0.2, 0.25) is 5.88 Å². The van der Waals surface area contributed by atoms with Crippen molar-refractivity contribution in [2.45, 2.75) is 32.7 Å². The highest BCUT2D eigenvalue weighted by Crippen LogP contribution is 2.17. The van der Waals surface area contributed by atoms with E-state index in [2.05, 4.69) is 10.3 Å². The molecule has 1 atom stereocenters. The molecule has 0 radical (unpaired) electrons. The van der Waals surface area contributed by atoms with Gasteiger partial charge in [-0.15, -0.1) is 0 Å². The number of hydrogen-bond acceptors (Lipinski definition) is 4. The van der Waals surface area contributed by atoms with Crippen LogP contribution in [0.4, 0.5) is 4.79 Å². The van der Waals surface area contributed by atoms with Gasteiger partial charge in [0.05, 0.1) is 12.5 Å². The maximum Gasteiger partial charge on any atom is 0.317 e. The quantitative estimate of drug-likeness (QED) is 0.834. The smallest absolute Gasteiger partial charge is 0.317 e.